The van der Waals surface area contributed by atoms with Gasteiger partial charge in [-0.25, -0.2) is 0 Å². The first-order valence-corrected chi connectivity index (χ1v) is 11.5. The highest BCUT2D eigenvalue weighted by Crippen LogP contribution is 2.32. The summed E-state index contributed by atoms with van der Waals surface area (Å²) >= 11 is 0. The van der Waals surface area contributed by atoms with Gasteiger partial charge in [0.15, 0.2) is 0 Å². The van der Waals surface area contributed by atoms with Crippen LogP contribution in [0.2, 0.25) is 0 Å². The van der Waals surface area contributed by atoms with Crippen molar-refractivity contribution in [1.29, 1.82) is 0 Å². The topological polar surface area (TPSA) is 107 Å². The number of anilines is 3. The van der Waals surface area contributed by atoms with Crippen molar-refractivity contribution in [3.63, 3.8) is 0 Å². The highest BCUT2D eigenvalue weighted by atomic mass is 16.2. The predicted octanol–water partition coefficient (Wildman–Crippen LogP) is 3.76. The number of aromatic nitrogens is 2. The van der Waals surface area contributed by atoms with E-state index in [1.165, 1.54) is 0 Å². The standard InChI is InChI=1S/C25H27N5O3/c1-2-16-10-5-6-13-30(16)25-28-22-21(24(33)29-25)18(14-20(31)27-22)23(32)26-19-12-7-9-15-8-3-4-11-17(15)19/h3-4,7-9,11-12,16,18H,2,5-6,10,13-14H2,1H3,(H,26,32)(H2,27,28,29,31,33)/t16-,18-/m0/s1. The smallest absolute Gasteiger partial charge is 0.258 e. The van der Waals surface area contributed by atoms with Crippen molar-refractivity contribution in [3.05, 3.63) is 58.4 Å². The number of rotatable bonds is 4. The lowest BCUT2D eigenvalue weighted by Gasteiger charge is -2.36. The van der Waals surface area contributed by atoms with Crippen molar-refractivity contribution in [2.24, 2.45) is 0 Å². The third kappa shape index (κ3) is 3.97. The van der Waals surface area contributed by atoms with E-state index >= 15 is 0 Å². The maximum atomic E-state index is 13.3. The molecule has 2 aliphatic rings. The van der Waals surface area contributed by atoms with Crippen molar-refractivity contribution < 1.29 is 9.59 Å². The van der Waals surface area contributed by atoms with Gasteiger partial charge >= 0.3 is 0 Å². The fourth-order valence-corrected chi connectivity index (χ4v) is 4.98. The number of H-pyrrole nitrogens is 1. The minimum atomic E-state index is -0.915. The molecular weight excluding hydrogens is 418 g/mol. The Morgan fingerprint density at radius 3 is 2.82 bits per heavy atom. The summed E-state index contributed by atoms with van der Waals surface area (Å²) in [5.74, 6) is -0.993. The average molecular weight is 446 g/mol. The van der Waals surface area contributed by atoms with Gasteiger partial charge in [0, 0.05) is 30.1 Å². The Kier molecular flexibility index (Phi) is 5.58. The van der Waals surface area contributed by atoms with Gasteiger partial charge in [-0.05, 0) is 37.1 Å². The van der Waals surface area contributed by atoms with Gasteiger partial charge in [0.25, 0.3) is 5.56 Å². The SMILES string of the molecule is CC[C@H]1CCCCN1c1nc2c(c(=O)[nH]1)[C@@H](C(=O)Nc1cccc3ccccc13)CC(=O)N2. The third-order valence-electron chi connectivity index (χ3n) is 6.67. The van der Waals surface area contributed by atoms with E-state index in [0.29, 0.717) is 17.7 Å². The van der Waals surface area contributed by atoms with Crippen LogP contribution in [0, 0.1) is 0 Å². The Morgan fingerprint density at radius 1 is 1.15 bits per heavy atom. The Labute approximate surface area is 191 Å². The fraction of sp³-hybridized carbons (Fsp3) is 0.360. The highest BCUT2D eigenvalue weighted by molar-refractivity contribution is 6.08. The minimum absolute atomic E-state index is 0.102. The minimum Gasteiger partial charge on any atom is -0.339 e. The number of nitrogens with zero attached hydrogens (tertiary/aromatic N) is 2. The number of benzene rings is 2. The van der Waals surface area contributed by atoms with Gasteiger partial charge in [-0.15, -0.1) is 0 Å². The van der Waals surface area contributed by atoms with Crippen LogP contribution in [0.15, 0.2) is 47.3 Å². The second-order valence-electron chi connectivity index (χ2n) is 8.72. The van der Waals surface area contributed by atoms with Crippen LogP contribution in [0.25, 0.3) is 10.8 Å². The number of nitrogens with one attached hydrogen (secondary N) is 3. The third-order valence-corrected chi connectivity index (χ3v) is 6.67. The molecule has 170 valence electrons. The van der Waals surface area contributed by atoms with Crippen molar-refractivity contribution in [2.45, 2.75) is 51.0 Å². The molecule has 3 heterocycles. The van der Waals surface area contributed by atoms with Crippen molar-refractivity contribution in [3.8, 4) is 0 Å². The van der Waals surface area contributed by atoms with Crippen LogP contribution >= 0.6 is 0 Å². The number of hydrogen-bond donors (Lipinski definition) is 3. The molecule has 8 nitrogen and oxygen atoms in total. The molecule has 2 atom stereocenters. The molecule has 0 bridgehead atoms. The summed E-state index contributed by atoms with van der Waals surface area (Å²) in [6.07, 6.45) is 4.06. The maximum absolute atomic E-state index is 13.3. The summed E-state index contributed by atoms with van der Waals surface area (Å²) in [7, 11) is 0. The normalized spacial score (nSPS) is 20.3. The molecule has 1 saturated heterocycles. The fourth-order valence-electron chi connectivity index (χ4n) is 4.98. The van der Waals surface area contributed by atoms with Gasteiger partial charge < -0.3 is 15.5 Å². The number of piperidine rings is 1. The molecule has 2 amide bonds. The molecule has 0 saturated carbocycles. The van der Waals surface area contributed by atoms with Gasteiger partial charge in [0.1, 0.15) is 5.82 Å². The van der Waals surface area contributed by atoms with Crippen LogP contribution in [0.3, 0.4) is 0 Å². The molecule has 2 aromatic carbocycles. The Morgan fingerprint density at radius 2 is 1.97 bits per heavy atom. The van der Waals surface area contributed by atoms with Crippen LogP contribution in [0.5, 0.6) is 0 Å². The van der Waals surface area contributed by atoms with Crippen LogP contribution in [0.4, 0.5) is 17.5 Å². The largest absolute Gasteiger partial charge is 0.339 e. The quantitative estimate of drug-likeness (QED) is 0.567. The Bertz CT molecular complexity index is 1280. The summed E-state index contributed by atoms with van der Waals surface area (Å²) < 4.78 is 0. The molecule has 1 aromatic heterocycles. The number of carbonyl (C=O) groups is 2. The molecule has 2 aliphatic heterocycles. The van der Waals surface area contributed by atoms with Crippen molar-refractivity contribution >= 4 is 40.0 Å². The summed E-state index contributed by atoms with van der Waals surface area (Å²) in [6.45, 7) is 2.92. The average Bonchev–Trinajstić information content (AvgIpc) is 2.83. The molecule has 33 heavy (non-hydrogen) atoms. The Balaban J connectivity index is 1.49. The van der Waals surface area contributed by atoms with Crippen molar-refractivity contribution in [2.75, 3.05) is 22.1 Å². The van der Waals surface area contributed by atoms with E-state index in [1.807, 2.05) is 42.5 Å². The molecule has 5 rings (SSSR count). The molecule has 1 fully saturated rings. The van der Waals surface area contributed by atoms with Crippen LogP contribution < -0.4 is 21.1 Å². The number of amides is 2. The van der Waals surface area contributed by atoms with Gasteiger partial charge in [-0.3, -0.25) is 19.4 Å². The maximum Gasteiger partial charge on any atom is 0.258 e. The van der Waals surface area contributed by atoms with Crippen LogP contribution in [-0.4, -0.2) is 34.4 Å². The number of hydrogen-bond acceptors (Lipinski definition) is 5. The van der Waals surface area contributed by atoms with Crippen LogP contribution in [-0.2, 0) is 9.59 Å². The number of carbonyl (C=O) groups excluding carboxylic acids is 2. The zero-order valence-corrected chi connectivity index (χ0v) is 18.6. The molecule has 0 unspecified atom stereocenters. The zero-order chi connectivity index (χ0) is 22.9. The second-order valence-corrected chi connectivity index (χ2v) is 8.72. The van der Waals surface area contributed by atoms with E-state index in [9.17, 15) is 14.4 Å². The van der Waals surface area contributed by atoms with E-state index in [0.717, 1.165) is 43.0 Å². The predicted molar refractivity (Wildman–Crippen MR) is 129 cm³/mol. The molecule has 8 heteroatoms. The summed E-state index contributed by atoms with van der Waals surface area (Å²) in [4.78, 5) is 48.5. The molecule has 0 aliphatic carbocycles. The van der Waals surface area contributed by atoms with E-state index in [4.69, 9.17) is 0 Å². The second kappa shape index (κ2) is 8.69. The first-order valence-electron chi connectivity index (χ1n) is 11.5. The van der Waals surface area contributed by atoms with E-state index in [2.05, 4.69) is 32.4 Å². The zero-order valence-electron chi connectivity index (χ0n) is 18.6. The van der Waals surface area contributed by atoms with E-state index in [-0.39, 0.29) is 29.3 Å². The Hall–Kier alpha value is -3.68. The molecule has 0 radical (unpaired) electrons. The summed E-state index contributed by atoms with van der Waals surface area (Å²) in [5, 5.41) is 7.53. The summed E-state index contributed by atoms with van der Waals surface area (Å²) in [5.41, 5.74) is 0.473. The lowest BCUT2D eigenvalue weighted by molar-refractivity contribution is -0.123. The van der Waals surface area contributed by atoms with Crippen molar-refractivity contribution in [1.82, 2.24) is 9.97 Å². The highest BCUT2D eigenvalue weighted by Gasteiger charge is 2.36. The number of fused-ring (bicyclic) bond motifs is 2. The molecule has 3 aromatic rings. The lowest BCUT2D eigenvalue weighted by atomic mass is 9.92. The molecule has 0 spiro atoms. The first-order chi connectivity index (χ1) is 16.0. The van der Waals surface area contributed by atoms with Gasteiger partial charge in [-0.2, -0.15) is 4.98 Å². The molecular formula is C25H27N5O3. The lowest BCUT2D eigenvalue weighted by Crippen LogP contribution is -2.43. The van der Waals surface area contributed by atoms with E-state index < -0.39 is 11.8 Å². The van der Waals surface area contributed by atoms with E-state index in [1.54, 1.807) is 0 Å². The number of aromatic amines is 1. The van der Waals surface area contributed by atoms with Gasteiger partial charge in [-0.1, -0.05) is 43.3 Å². The summed E-state index contributed by atoms with van der Waals surface area (Å²) in [6, 6.07) is 13.7. The first kappa shape index (κ1) is 21.2. The van der Waals surface area contributed by atoms with Gasteiger partial charge in [0.2, 0.25) is 17.8 Å². The molecule has 3 N–H and O–H groups in total. The van der Waals surface area contributed by atoms with Gasteiger partial charge in [0.05, 0.1) is 11.5 Å². The van der Waals surface area contributed by atoms with Crippen LogP contribution in [0.1, 0.15) is 50.5 Å². The monoisotopic (exact) mass is 445 g/mol.